The predicted molar refractivity (Wildman–Crippen MR) is 134 cm³/mol. The summed E-state index contributed by atoms with van der Waals surface area (Å²) in [5.41, 5.74) is 5.20. The van der Waals surface area contributed by atoms with Crippen LogP contribution < -0.4 is 4.74 Å². The largest absolute Gasteiger partial charge is 0.508 e. The van der Waals surface area contributed by atoms with Crippen LogP contribution in [0.15, 0.2) is 72.6 Å². The monoisotopic (exact) mass is 473 g/mol. The van der Waals surface area contributed by atoms with Crippen molar-refractivity contribution in [1.29, 1.82) is 0 Å². The zero-order chi connectivity index (χ0) is 24.2. The maximum Gasteiger partial charge on any atom is 0.162 e. The number of nitrogens with zero attached hydrogens (tertiary/aromatic N) is 3. The molecule has 0 amide bonds. The van der Waals surface area contributed by atoms with Crippen molar-refractivity contribution < 1.29 is 14.9 Å². The average molecular weight is 474 g/mol. The number of halogens is 1. The first-order chi connectivity index (χ1) is 16.4. The highest BCUT2D eigenvalue weighted by atomic mass is 35.5. The van der Waals surface area contributed by atoms with E-state index in [1.165, 1.54) is 11.8 Å². The molecule has 0 saturated heterocycles. The van der Waals surface area contributed by atoms with Gasteiger partial charge in [0, 0.05) is 35.2 Å². The van der Waals surface area contributed by atoms with Gasteiger partial charge in [-0.3, -0.25) is 4.98 Å². The van der Waals surface area contributed by atoms with Crippen molar-refractivity contribution >= 4 is 11.6 Å². The minimum absolute atomic E-state index is 0.0416. The fourth-order valence-electron chi connectivity index (χ4n) is 3.52. The van der Waals surface area contributed by atoms with Gasteiger partial charge in [-0.05, 0) is 68.3 Å². The van der Waals surface area contributed by atoms with Crippen molar-refractivity contribution in [2.45, 2.75) is 20.3 Å². The Kier molecular flexibility index (Phi) is 6.80. The molecule has 6 nitrogen and oxygen atoms in total. The maximum atomic E-state index is 10.9. The molecule has 4 rings (SSSR count). The first-order valence-corrected chi connectivity index (χ1v) is 11.1. The van der Waals surface area contributed by atoms with Gasteiger partial charge in [-0.1, -0.05) is 23.3 Å². The number of pyridine rings is 1. The van der Waals surface area contributed by atoms with E-state index in [1.807, 2.05) is 19.9 Å². The van der Waals surface area contributed by atoms with E-state index in [0.717, 1.165) is 11.1 Å². The molecule has 2 heterocycles. The van der Waals surface area contributed by atoms with Crippen LogP contribution in [0.5, 0.6) is 17.2 Å². The molecule has 172 valence electrons. The highest BCUT2D eigenvalue weighted by Crippen LogP contribution is 2.38. The van der Waals surface area contributed by atoms with Crippen molar-refractivity contribution in [3.63, 3.8) is 0 Å². The topological polar surface area (TPSA) is 88.4 Å². The van der Waals surface area contributed by atoms with Crippen molar-refractivity contribution in [1.82, 2.24) is 15.0 Å². The van der Waals surface area contributed by atoms with E-state index in [4.69, 9.17) is 26.3 Å². The third-order valence-corrected chi connectivity index (χ3v) is 5.61. The Balaban J connectivity index is 1.94. The van der Waals surface area contributed by atoms with Crippen LogP contribution in [0.25, 0.3) is 33.9 Å². The van der Waals surface area contributed by atoms with Crippen LogP contribution in [-0.2, 0) is 6.42 Å². The molecule has 4 aromatic rings. The van der Waals surface area contributed by atoms with Gasteiger partial charge in [0.1, 0.15) is 17.2 Å². The van der Waals surface area contributed by atoms with Gasteiger partial charge in [0.15, 0.2) is 5.82 Å². The Bertz CT molecular complexity index is 1360. The van der Waals surface area contributed by atoms with Crippen LogP contribution in [0.4, 0.5) is 0 Å². The molecule has 2 aromatic heterocycles. The van der Waals surface area contributed by atoms with Crippen LogP contribution in [0.1, 0.15) is 19.4 Å². The Labute approximate surface area is 203 Å². The van der Waals surface area contributed by atoms with Crippen LogP contribution in [0, 0.1) is 0 Å². The SMILES string of the molecule is COc1cc(O)c(-c2cc(-c3ccc(O)cc3)nc(-c3ccncc3Cl)n2)cc1CC=C(C)C. The van der Waals surface area contributed by atoms with Crippen LogP contribution in [-0.4, -0.2) is 32.3 Å². The summed E-state index contributed by atoms with van der Waals surface area (Å²) in [5.74, 6) is 1.20. The number of benzene rings is 2. The number of aromatic nitrogens is 3. The van der Waals surface area contributed by atoms with E-state index in [0.29, 0.717) is 45.5 Å². The Morgan fingerprint density at radius 3 is 2.38 bits per heavy atom. The third-order valence-electron chi connectivity index (χ3n) is 5.31. The summed E-state index contributed by atoms with van der Waals surface area (Å²) >= 11 is 6.40. The maximum absolute atomic E-state index is 10.9. The minimum atomic E-state index is 0.0416. The van der Waals surface area contributed by atoms with Crippen molar-refractivity contribution in [3.05, 3.63) is 83.2 Å². The molecule has 0 unspecified atom stereocenters. The van der Waals surface area contributed by atoms with Gasteiger partial charge in [-0.15, -0.1) is 0 Å². The fraction of sp³-hybridized carbons (Fsp3) is 0.148. The van der Waals surface area contributed by atoms with Crippen LogP contribution in [0.3, 0.4) is 0 Å². The van der Waals surface area contributed by atoms with Gasteiger partial charge >= 0.3 is 0 Å². The van der Waals surface area contributed by atoms with E-state index in [1.54, 1.807) is 55.8 Å². The Hall–Kier alpha value is -3.90. The Morgan fingerprint density at radius 1 is 0.971 bits per heavy atom. The lowest BCUT2D eigenvalue weighted by atomic mass is 10.0. The van der Waals surface area contributed by atoms with Gasteiger partial charge in [0.05, 0.1) is 23.5 Å². The second-order valence-corrected chi connectivity index (χ2v) is 8.44. The first-order valence-electron chi connectivity index (χ1n) is 10.7. The minimum Gasteiger partial charge on any atom is -0.508 e. The summed E-state index contributed by atoms with van der Waals surface area (Å²) in [6.07, 6.45) is 5.91. The second kappa shape index (κ2) is 9.93. The number of rotatable bonds is 6. The lowest BCUT2D eigenvalue weighted by molar-refractivity contribution is 0.404. The molecular formula is C27H24ClN3O3. The van der Waals surface area contributed by atoms with Gasteiger partial charge in [0.25, 0.3) is 0 Å². The Morgan fingerprint density at radius 2 is 1.71 bits per heavy atom. The average Bonchev–Trinajstić information content (AvgIpc) is 2.83. The summed E-state index contributed by atoms with van der Waals surface area (Å²) < 4.78 is 5.49. The molecule has 0 aliphatic rings. The number of methoxy groups -OCH3 is 1. The molecule has 7 heteroatoms. The number of allylic oxidation sites excluding steroid dienone is 2. The molecule has 0 radical (unpaired) electrons. The molecule has 0 aliphatic carbocycles. The van der Waals surface area contributed by atoms with E-state index in [-0.39, 0.29) is 11.5 Å². The summed E-state index contributed by atoms with van der Waals surface area (Å²) in [7, 11) is 1.58. The summed E-state index contributed by atoms with van der Waals surface area (Å²) in [4.78, 5) is 13.5. The molecular weight excluding hydrogens is 450 g/mol. The van der Waals surface area contributed by atoms with Gasteiger partial charge < -0.3 is 14.9 Å². The zero-order valence-electron chi connectivity index (χ0n) is 19.1. The van der Waals surface area contributed by atoms with E-state index in [9.17, 15) is 10.2 Å². The normalized spacial score (nSPS) is 10.7. The highest BCUT2D eigenvalue weighted by Gasteiger charge is 2.17. The van der Waals surface area contributed by atoms with Crippen LogP contribution in [0.2, 0.25) is 5.02 Å². The fourth-order valence-corrected chi connectivity index (χ4v) is 3.73. The molecule has 0 saturated carbocycles. The molecule has 2 N–H and O–H groups in total. The smallest absolute Gasteiger partial charge is 0.162 e. The van der Waals surface area contributed by atoms with Gasteiger partial charge in [-0.2, -0.15) is 0 Å². The number of hydrogen-bond acceptors (Lipinski definition) is 6. The molecule has 0 fully saturated rings. The molecule has 0 bridgehead atoms. The second-order valence-electron chi connectivity index (χ2n) is 8.03. The summed E-state index contributed by atoms with van der Waals surface area (Å²) in [6.45, 7) is 4.07. The standard InChI is InChI=1S/C27H24ClN3O3/c1-16(2)4-5-18-12-21(25(33)14-26(18)34-3)24-13-23(17-6-8-19(32)9-7-17)30-27(31-24)20-10-11-29-15-22(20)28/h4,6-15,32-33H,5H2,1-3H3. The predicted octanol–water partition coefficient (Wildman–Crippen LogP) is 6.45. The molecule has 0 spiro atoms. The van der Waals surface area contributed by atoms with Crippen molar-refractivity contribution in [2.75, 3.05) is 7.11 Å². The van der Waals surface area contributed by atoms with Crippen LogP contribution >= 0.6 is 11.6 Å². The molecule has 34 heavy (non-hydrogen) atoms. The number of phenols is 2. The third kappa shape index (κ3) is 5.02. The molecule has 0 aliphatic heterocycles. The van der Waals surface area contributed by atoms with E-state index in [2.05, 4.69) is 11.1 Å². The van der Waals surface area contributed by atoms with Crippen molar-refractivity contribution in [3.8, 4) is 51.2 Å². The summed E-state index contributed by atoms with van der Waals surface area (Å²) in [5, 5.41) is 21.0. The van der Waals surface area contributed by atoms with Crippen molar-refractivity contribution in [2.24, 2.45) is 0 Å². The number of aromatic hydroxyl groups is 2. The van der Waals surface area contributed by atoms with Gasteiger partial charge in [-0.25, -0.2) is 9.97 Å². The van der Waals surface area contributed by atoms with E-state index >= 15 is 0 Å². The molecule has 2 aromatic carbocycles. The zero-order valence-corrected chi connectivity index (χ0v) is 19.8. The summed E-state index contributed by atoms with van der Waals surface area (Å²) in [6, 6.07) is 13.8. The lowest BCUT2D eigenvalue weighted by Crippen LogP contribution is -1.98. The highest BCUT2D eigenvalue weighted by molar-refractivity contribution is 6.33. The number of phenolic OH excluding ortho intramolecular Hbond substituents is 2. The quantitative estimate of drug-likeness (QED) is 0.312. The van der Waals surface area contributed by atoms with Gasteiger partial charge in [0.2, 0.25) is 0 Å². The number of hydrogen-bond donors (Lipinski definition) is 2. The first kappa shape index (κ1) is 23.3. The number of ether oxygens (including phenoxy) is 1. The lowest BCUT2D eigenvalue weighted by Gasteiger charge is -2.14. The molecule has 0 atom stereocenters. The van der Waals surface area contributed by atoms with E-state index < -0.39 is 0 Å².